The highest BCUT2D eigenvalue weighted by Gasteiger charge is 2.08. The lowest BCUT2D eigenvalue weighted by molar-refractivity contribution is 0.0697. The molecule has 12 heavy (non-hydrogen) atoms. The number of aromatic nitrogens is 1. The van der Waals surface area contributed by atoms with Gasteiger partial charge in [0, 0.05) is 0 Å². The van der Waals surface area contributed by atoms with Crippen LogP contribution in [0, 0.1) is 0 Å². The maximum atomic E-state index is 10.3. The van der Waals surface area contributed by atoms with Gasteiger partial charge in [0.2, 0.25) is 0 Å². The minimum atomic E-state index is -1.20. The van der Waals surface area contributed by atoms with Crippen LogP contribution in [0.2, 0.25) is 0 Å². The Morgan fingerprint density at radius 3 is 2.58 bits per heavy atom. The number of carboxylic acids is 1. The molecule has 1 heterocycles. The smallest absolute Gasteiger partial charge is 0.339 e. The van der Waals surface area contributed by atoms with E-state index in [9.17, 15) is 4.79 Å². The van der Waals surface area contributed by atoms with Gasteiger partial charge in [-0.25, -0.2) is 9.78 Å². The summed E-state index contributed by atoms with van der Waals surface area (Å²) in [7, 11) is 0. The van der Waals surface area contributed by atoms with Crippen molar-refractivity contribution in [3.05, 3.63) is 17.8 Å². The number of halogens is 1. The van der Waals surface area contributed by atoms with Crippen molar-refractivity contribution in [3.63, 3.8) is 0 Å². The summed E-state index contributed by atoms with van der Waals surface area (Å²) >= 11 is 0. The first-order valence-corrected chi connectivity index (χ1v) is 2.79. The Hall–Kier alpha value is -1.49. The molecule has 0 amide bonds. The van der Waals surface area contributed by atoms with Crippen LogP contribution < -0.4 is 5.73 Å². The number of pyridine rings is 1. The molecule has 0 atom stereocenters. The summed E-state index contributed by atoms with van der Waals surface area (Å²) in [6.07, 6.45) is 1.09. The van der Waals surface area contributed by atoms with Crippen LogP contribution >= 0.6 is 12.4 Å². The fourth-order valence-electron chi connectivity index (χ4n) is 0.636. The topological polar surface area (TPSA) is 96.4 Å². The molecule has 1 aromatic rings. The predicted molar refractivity (Wildman–Crippen MR) is 44.5 cm³/mol. The van der Waals surface area contributed by atoms with E-state index in [1.54, 1.807) is 0 Å². The lowest BCUT2D eigenvalue weighted by Gasteiger charge is -1.98. The standard InChI is InChI=1S/C6H6N2O3.ClH/c7-5-4(6(10)11)1-3(9)2-8-5;/h1-2,9H,(H2,7,8)(H,10,11);1H. The predicted octanol–water partition coefficient (Wildman–Crippen LogP) is 0.489. The van der Waals surface area contributed by atoms with E-state index < -0.39 is 5.97 Å². The van der Waals surface area contributed by atoms with Gasteiger partial charge >= 0.3 is 5.97 Å². The minimum Gasteiger partial charge on any atom is -0.506 e. The maximum Gasteiger partial charge on any atom is 0.339 e. The van der Waals surface area contributed by atoms with Crippen LogP contribution in [0.5, 0.6) is 5.75 Å². The summed E-state index contributed by atoms with van der Waals surface area (Å²) in [5.41, 5.74) is 5.00. The molecular formula is C6H7ClN2O3. The van der Waals surface area contributed by atoms with Gasteiger partial charge in [0.15, 0.2) is 0 Å². The molecule has 0 saturated carbocycles. The van der Waals surface area contributed by atoms with Crippen LogP contribution in [0.15, 0.2) is 12.3 Å². The number of rotatable bonds is 1. The van der Waals surface area contributed by atoms with Crippen molar-refractivity contribution in [1.29, 1.82) is 0 Å². The third-order valence-corrected chi connectivity index (χ3v) is 1.13. The Labute approximate surface area is 74.3 Å². The summed E-state index contributed by atoms with van der Waals surface area (Å²) in [5, 5.41) is 17.3. The van der Waals surface area contributed by atoms with Gasteiger partial charge in [-0.15, -0.1) is 12.4 Å². The molecule has 0 aromatic carbocycles. The number of hydrogen-bond donors (Lipinski definition) is 3. The Morgan fingerprint density at radius 2 is 2.17 bits per heavy atom. The van der Waals surface area contributed by atoms with E-state index in [4.69, 9.17) is 15.9 Å². The molecule has 1 rings (SSSR count). The van der Waals surface area contributed by atoms with Gasteiger partial charge in [0.05, 0.1) is 6.20 Å². The normalized spacial score (nSPS) is 8.67. The van der Waals surface area contributed by atoms with E-state index in [0.717, 1.165) is 12.3 Å². The van der Waals surface area contributed by atoms with Crippen LogP contribution in [-0.2, 0) is 0 Å². The van der Waals surface area contributed by atoms with Gasteiger partial charge in [-0.05, 0) is 6.07 Å². The fourth-order valence-corrected chi connectivity index (χ4v) is 0.636. The number of carboxylic acid groups (broad SMARTS) is 1. The molecule has 0 aliphatic rings. The van der Waals surface area contributed by atoms with E-state index in [1.807, 2.05) is 0 Å². The van der Waals surface area contributed by atoms with Gasteiger partial charge in [-0.3, -0.25) is 0 Å². The van der Waals surface area contributed by atoms with Crippen molar-refractivity contribution in [1.82, 2.24) is 4.98 Å². The first kappa shape index (κ1) is 10.5. The number of aromatic hydroxyl groups is 1. The fraction of sp³-hybridized carbons (Fsp3) is 0. The SMILES string of the molecule is Cl.Nc1ncc(O)cc1C(=O)O. The van der Waals surface area contributed by atoms with E-state index in [0.29, 0.717) is 0 Å². The number of nitrogen functional groups attached to an aromatic ring is 1. The Bertz CT molecular complexity index is 303. The Morgan fingerprint density at radius 1 is 1.58 bits per heavy atom. The first-order chi connectivity index (χ1) is 5.11. The first-order valence-electron chi connectivity index (χ1n) is 2.79. The zero-order valence-corrected chi connectivity index (χ0v) is 6.71. The third-order valence-electron chi connectivity index (χ3n) is 1.13. The van der Waals surface area contributed by atoms with Gasteiger partial charge in [-0.1, -0.05) is 0 Å². The van der Waals surface area contributed by atoms with Crippen LogP contribution in [-0.4, -0.2) is 21.2 Å². The van der Waals surface area contributed by atoms with Gasteiger partial charge in [0.25, 0.3) is 0 Å². The average Bonchev–Trinajstić information content (AvgIpc) is 1.94. The highest BCUT2D eigenvalue weighted by atomic mass is 35.5. The number of anilines is 1. The van der Waals surface area contributed by atoms with Gasteiger partial charge in [-0.2, -0.15) is 0 Å². The number of carbonyl (C=O) groups is 1. The largest absolute Gasteiger partial charge is 0.506 e. The van der Waals surface area contributed by atoms with E-state index >= 15 is 0 Å². The van der Waals surface area contributed by atoms with Crippen molar-refractivity contribution >= 4 is 24.2 Å². The molecule has 6 heteroatoms. The highest BCUT2D eigenvalue weighted by molar-refractivity contribution is 5.92. The quantitative estimate of drug-likeness (QED) is 0.599. The number of hydrogen-bond acceptors (Lipinski definition) is 4. The molecule has 5 nitrogen and oxygen atoms in total. The second-order valence-corrected chi connectivity index (χ2v) is 1.93. The zero-order valence-electron chi connectivity index (χ0n) is 5.89. The second-order valence-electron chi connectivity index (χ2n) is 1.93. The monoisotopic (exact) mass is 190 g/mol. The summed E-state index contributed by atoms with van der Waals surface area (Å²) in [6.45, 7) is 0. The van der Waals surface area contributed by atoms with Crippen molar-refractivity contribution in [2.24, 2.45) is 0 Å². The van der Waals surface area contributed by atoms with E-state index in [-0.39, 0.29) is 29.5 Å². The van der Waals surface area contributed by atoms with Gasteiger partial charge < -0.3 is 15.9 Å². The molecular weight excluding hydrogens is 184 g/mol. The maximum absolute atomic E-state index is 10.3. The van der Waals surface area contributed by atoms with Crippen LogP contribution in [0.3, 0.4) is 0 Å². The summed E-state index contributed by atoms with van der Waals surface area (Å²) in [4.78, 5) is 13.8. The molecule has 0 radical (unpaired) electrons. The second kappa shape index (κ2) is 3.77. The molecule has 4 N–H and O–H groups in total. The Balaban J connectivity index is 0.00000121. The lowest BCUT2D eigenvalue weighted by atomic mass is 10.2. The van der Waals surface area contributed by atoms with E-state index in [1.165, 1.54) is 0 Å². The van der Waals surface area contributed by atoms with Crippen LogP contribution in [0.4, 0.5) is 5.82 Å². The van der Waals surface area contributed by atoms with E-state index in [2.05, 4.69) is 4.98 Å². The molecule has 0 spiro atoms. The average molecular weight is 191 g/mol. The highest BCUT2D eigenvalue weighted by Crippen LogP contribution is 2.14. The summed E-state index contributed by atoms with van der Waals surface area (Å²) in [5.74, 6) is -1.52. The molecule has 0 unspecified atom stereocenters. The van der Waals surface area contributed by atoms with Crippen LogP contribution in [0.1, 0.15) is 10.4 Å². The van der Waals surface area contributed by atoms with Crippen molar-refractivity contribution in [2.75, 3.05) is 5.73 Å². The molecule has 66 valence electrons. The number of nitrogens with two attached hydrogens (primary N) is 1. The zero-order chi connectivity index (χ0) is 8.43. The molecule has 0 bridgehead atoms. The molecule has 0 fully saturated rings. The number of nitrogens with zero attached hydrogens (tertiary/aromatic N) is 1. The third kappa shape index (κ3) is 2.00. The molecule has 0 aliphatic carbocycles. The minimum absolute atomic E-state index is 0. The molecule has 0 aliphatic heterocycles. The van der Waals surface area contributed by atoms with Gasteiger partial charge in [0.1, 0.15) is 17.1 Å². The molecule has 1 aromatic heterocycles. The van der Waals surface area contributed by atoms with Crippen LogP contribution in [0.25, 0.3) is 0 Å². The lowest BCUT2D eigenvalue weighted by Crippen LogP contribution is -2.03. The summed E-state index contributed by atoms with van der Waals surface area (Å²) < 4.78 is 0. The Kier molecular flexibility index (Phi) is 3.30. The van der Waals surface area contributed by atoms with Crippen molar-refractivity contribution in [3.8, 4) is 5.75 Å². The molecule has 0 saturated heterocycles. The number of aromatic carboxylic acids is 1. The summed E-state index contributed by atoms with van der Waals surface area (Å²) in [6, 6.07) is 1.05. The van der Waals surface area contributed by atoms with Crippen molar-refractivity contribution < 1.29 is 15.0 Å². The van der Waals surface area contributed by atoms with Crippen molar-refractivity contribution in [2.45, 2.75) is 0 Å².